The summed E-state index contributed by atoms with van der Waals surface area (Å²) >= 11 is 0. The number of rotatable bonds is 7. The van der Waals surface area contributed by atoms with Crippen LogP contribution in [0.4, 0.5) is 0 Å². The minimum atomic E-state index is -0.251. The number of carbonyl (C=O) groups is 1. The van der Waals surface area contributed by atoms with Crippen LogP contribution >= 0.6 is 0 Å². The third-order valence-corrected chi connectivity index (χ3v) is 3.75. The van der Waals surface area contributed by atoms with E-state index in [-0.39, 0.29) is 24.0 Å². The van der Waals surface area contributed by atoms with Gasteiger partial charge in [-0.2, -0.15) is 0 Å². The number of carbonyl (C=O) groups excluding carboxylic acids is 1. The monoisotopic (exact) mass is 292 g/mol. The molecular weight excluding hydrogens is 264 g/mol. The topological polar surface area (TPSA) is 50.4 Å². The molecule has 0 aliphatic carbocycles. The maximum Gasteiger partial charge on any atom is 0.237 e. The lowest BCUT2D eigenvalue weighted by Crippen LogP contribution is -2.46. The van der Waals surface area contributed by atoms with Crippen molar-refractivity contribution in [2.24, 2.45) is 0 Å². The van der Waals surface area contributed by atoms with Gasteiger partial charge in [-0.15, -0.1) is 0 Å². The average Bonchev–Trinajstić information content (AvgIpc) is 2.46. The largest absolute Gasteiger partial charge is 0.496 e. The van der Waals surface area contributed by atoms with E-state index in [0.717, 1.165) is 17.7 Å². The van der Waals surface area contributed by atoms with Crippen LogP contribution in [-0.2, 0) is 4.79 Å². The Kier molecular flexibility index (Phi) is 6.69. The Morgan fingerprint density at radius 3 is 2.52 bits per heavy atom. The standard InChI is InChI=1S/C17H28N2O2/c1-7-12(3)18-17(20)14(5)19-13(4)15-10-11(2)8-9-16(15)21-6/h8-10,12-14,19H,7H2,1-6H3,(H,18,20). The van der Waals surface area contributed by atoms with Crippen LogP contribution in [0.15, 0.2) is 18.2 Å². The van der Waals surface area contributed by atoms with Crippen molar-refractivity contribution in [2.75, 3.05) is 7.11 Å². The molecule has 1 aromatic carbocycles. The van der Waals surface area contributed by atoms with Crippen molar-refractivity contribution in [2.45, 2.75) is 59.2 Å². The van der Waals surface area contributed by atoms with Gasteiger partial charge in [0.05, 0.1) is 13.2 Å². The van der Waals surface area contributed by atoms with Crippen LogP contribution < -0.4 is 15.4 Å². The molecule has 0 saturated carbocycles. The first-order chi connectivity index (χ1) is 9.88. The predicted molar refractivity (Wildman–Crippen MR) is 86.6 cm³/mol. The molecular formula is C17H28N2O2. The molecule has 1 rings (SSSR count). The fourth-order valence-electron chi connectivity index (χ4n) is 2.20. The van der Waals surface area contributed by atoms with E-state index < -0.39 is 0 Å². The molecule has 118 valence electrons. The molecule has 2 N–H and O–H groups in total. The summed E-state index contributed by atoms with van der Waals surface area (Å²) in [4.78, 5) is 12.1. The van der Waals surface area contributed by atoms with Gasteiger partial charge < -0.3 is 10.1 Å². The Labute approximate surface area is 128 Å². The van der Waals surface area contributed by atoms with E-state index in [9.17, 15) is 4.79 Å². The molecule has 4 heteroatoms. The highest BCUT2D eigenvalue weighted by atomic mass is 16.5. The zero-order valence-corrected chi connectivity index (χ0v) is 14.0. The number of aryl methyl sites for hydroxylation is 1. The van der Waals surface area contributed by atoms with Crippen molar-refractivity contribution >= 4 is 5.91 Å². The molecule has 0 fully saturated rings. The molecule has 0 aliphatic heterocycles. The van der Waals surface area contributed by atoms with Crippen LogP contribution in [0.25, 0.3) is 0 Å². The molecule has 1 amide bonds. The Bertz CT molecular complexity index is 474. The second-order valence-electron chi connectivity index (χ2n) is 5.67. The SMILES string of the molecule is CCC(C)NC(=O)C(C)NC(C)c1cc(C)ccc1OC. The number of ether oxygens (including phenoxy) is 1. The summed E-state index contributed by atoms with van der Waals surface area (Å²) in [6.07, 6.45) is 0.930. The molecule has 0 bridgehead atoms. The smallest absolute Gasteiger partial charge is 0.237 e. The van der Waals surface area contributed by atoms with Crippen molar-refractivity contribution in [3.05, 3.63) is 29.3 Å². The van der Waals surface area contributed by atoms with Gasteiger partial charge in [0.15, 0.2) is 0 Å². The first-order valence-electron chi connectivity index (χ1n) is 7.60. The molecule has 3 atom stereocenters. The van der Waals surface area contributed by atoms with Gasteiger partial charge >= 0.3 is 0 Å². The van der Waals surface area contributed by atoms with Crippen molar-refractivity contribution in [3.63, 3.8) is 0 Å². The minimum absolute atomic E-state index is 0.0304. The zero-order chi connectivity index (χ0) is 16.0. The van der Waals surface area contributed by atoms with Gasteiger partial charge in [-0.25, -0.2) is 0 Å². The lowest BCUT2D eigenvalue weighted by molar-refractivity contribution is -0.123. The zero-order valence-electron chi connectivity index (χ0n) is 14.0. The van der Waals surface area contributed by atoms with Crippen LogP contribution in [0.1, 0.15) is 51.3 Å². The van der Waals surface area contributed by atoms with Gasteiger partial charge in [0.2, 0.25) is 5.91 Å². The first kappa shape index (κ1) is 17.5. The van der Waals surface area contributed by atoms with E-state index >= 15 is 0 Å². The Morgan fingerprint density at radius 2 is 1.95 bits per heavy atom. The highest BCUT2D eigenvalue weighted by molar-refractivity contribution is 5.81. The molecule has 4 nitrogen and oxygen atoms in total. The van der Waals surface area contributed by atoms with E-state index in [1.807, 2.05) is 32.9 Å². The summed E-state index contributed by atoms with van der Waals surface area (Å²) in [6, 6.07) is 6.07. The maximum absolute atomic E-state index is 12.1. The summed E-state index contributed by atoms with van der Waals surface area (Å²) in [5, 5.41) is 6.33. The Morgan fingerprint density at radius 1 is 1.29 bits per heavy atom. The van der Waals surface area contributed by atoms with Crippen molar-refractivity contribution in [1.29, 1.82) is 0 Å². The van der Waals surface area contributed by atoms with Crippen LogP contribution in [0.5, 0.6) is 5.75 Å². The fraction of sp³-hybridized carbons (Fsp3) is 0.588. The molecule has 0 aliphatic rings. The van der Waals surface area contributed by atoms with Gasteiger partial charge in [0.1, 0.15) is 5.75 Å². The van der Waals surface area contributed by atoms with E-state index in [1.54, 1.807) is 7.11 Å². The molecule has 0 radical (unpaired) electrons. The number of hydrogen-bond donors (Lipinski definition) is 2. The number of nitrogens with one attached hydrogen (secondary N) is 2. The minimum Gasteiger partial charge on any atom is -0.496 e. The molecule has 0 saturated heterocycles. The molecule has 0 spiro atoms. The van der Waals surface area contributed by atoms with Gasteiger partial charge in [-0.05, 0) is 40.2 Å². The molecule has 1 aromatic rings. The Hall–Kier alpha value is -1.55. The second kappa shape index (κ2) is 8.03. The lowest BCUT2D eigenvalue weighted by atomic mass is 10.0. The molecule has 0 aromatic heterocycles. The summed E-state index contributed by atoms with van der Waals surface area (Å²) in [5.74, 6) is 0.873. The summed E-state index contributed by atoms with van der Waals surface area (Å²) in [6.45, 7) is 10.1. The maximum atomic E-state index is 12.1. The third-order valence-electron chi connectivity index (χ3n) is 3.75. The van der Waals surface area contributed by atoms with E-state index in [4.69, 9.17) is 4.74 Å². The average molecular weight is 292 g/mol. The van der Waals surface area contributed by atoms with Crippen molar-refractivity contribution in [1.82, 2.24) is 10.6 Å². The summed E-state index contributed by atoms with van der Waals surface area (Å²) in [5.41, 5.74) is 2.25. The van der Waals surface area contributed by atoms with Gasteiger partial charge in [-0.3, -0.25) is 10.1 Å². The van der Waals surface area contributed by atoms with Crippen molar-refractivity contribution in [3.8, 4) is 5.75 Å². The van der Waals surface area contributed by atoms with E-state index in [2.05, 4.69) is 30.5 Å². The van der Waals surface area contributed by atoms with Crippen molar-refractivity contribution < 1.29 is 9.53 Å². The summed E-state index contributed by atoms with van der Waals surface area (Å²) < 4.78 is 5.40. The summed E-state index contributed by atoms with van der Waals surface area (Å²) in [7, 11) is 1.67. The van der Waals surface area contributed by atoms with Crippen LogP contribution in [0, 0.1) is 6.92 Å². The fourth-order valence-corrected chi connectivity index (χ4v) is 2.20. The lowest BCUT2D eigenvalue weighted by Gasteiger charge is -2.23. The number of hydrogen-bond acceptors (Lipinski definition) is 3. The number of benzene rings is 1. The number of methoxy groups -OCH3 is 1. The quantitative estimate of drug-likeness (QED) is 0.812. The van der Waals surface area contributed by atoms with Crippen LogP contribution in [-0.4, -0.2) is 25.1 Å². The molecule has 21 heavy (non-hydrogen) atoms. The van der Waals surface area contributed by atoms with E-state index in [1.165, 1.54) is 5.56 Å². The van der Waals surface area contributed by atoms with E-state index in [0.29, 0.717) is 0 Å². The van der Waals surface area contributed by atoms with Gasteiger partial charge in [0.25, 0.3) is 0 Å². The predicted octanol–water partition coefficient (Wildman–Crippen LogP) is 2.96. The third kappa shape index (κ3) is 5.05. The Balaban J connectivity index is 2.74. The number of amides is 1. The molecule has 3 unspecified atom stereocenters. The molecule has 0 heterocycles. The second-order valence-corrected chi connectivity index (χ2v) is 5.67. The normalized spacial score (nSPS) is 15.1. The van der Waals surface area contributed by atoms with Gasteiger partial charge in [0, 0.05) is 17.6 Å². The van der Waals surface area contributed by atoms with Gasteiger partial charge in [-0.1, -0.05) is 24.6 Å². The highest BCUT2D eigenvalue weighted by Crippen LogP contribution is 2.26. The van der Waals surface area contributed by atoms with Crippen LogP contribution in [0.2, 0.25) is 0 Å². The highest BCUT2D eigenvalue weighted by Gasteiger charge is 2.19. The van der Waals surface area contributed by atoms with Crippen LogP contribution in [0.3, 0.4) is 0 Å². The first-order valence-corrected chi connectivity index (χ1v) is 7.60.